The van der Waals surface area contributed by atoms with Crippen LogP contribution in [0.5, 0.6) is 0 Å². The van der Waals surface area contributed by atoms with Gasteiger partial charge in [-0.3, -0.25) is 9.59 Å². The van der Waals surface area contributed by atoms with Crippen LogP contribution in [0.2, 0.25) is 0 Å². The number of allylic oxidation sites excluding steroid dienone is 16. The zero-order chi connectivity index (χ0) is 71.8. The molecule has 0 radical (unpaired) electrons. The van der Waals surface area contributed by atoms with Crippen molar-refractivity contribution in [1.82, 2.24) is 0 Å². The van der Waals surface area contributed by atoms with Gasteiger partial charge in [-0.1, -0.05) is 387 Å². The van der Waals surface area contributed by atoms with Crippen LogP contribution in [0.15, 0.2) is 97.2 Å². The predicted molar refractivity (Wildman–Crippen MR) is 426 cm³/mol. The lowest BCUT2D eigenvalue weighted by molar-refractivity contribution is -0.870. The van der Waals surface area contributed by atoms with E-state index in [1.807, 2.05) is 21.1 Å². The van der Waals surface area contributed by atoms with Crippen molar-refractivity contribution in [3.05, 3.63) is 97.2 Å². The molecule has 0 amide bonds. The fraction of sp³-hybridized carbons (Fsp3) is 0.789. The van der Waals surface area contributed by atoms with Gasteiger partial charge in [-0.15, -0.1) is 0 Å². The molecule has 0 aromatic carbocycles. The van der Waals surface area contributed by atoms with E-state index in [0.717, 1.165) is 77.0 Å². The molecule has 9 nitrogen and oxygen atoms in total. The number of carboxylic acid groups (broad SMARTS) is 1. The van der Waals surface area contributed by atoms with Gasteiger partial charge in [-0.25, -0.2) is 0 Å². The Balaban J connectivity index is 3.98. The van der Waals surface area contributed by atoms with Crippen molar-refractivity contribution in [3.8, 4) is 0 Å². The third-order valence-corrected chi connectivity index (χ3v) is 18.8. The van der Waals surface area contributed by atoms with E-state index in [4.69, 9.17) is 18.9 Å². The summed E-state index contributed by atoms with van der Waals surface area (Å²) in [6, 6.07) is 0. The summed E-state index contributed by atoms with van der Waals surface area (Å²) in [7, 11) is 5.95. The summed E-state index contributed by atoms with van der Waals surface area (Å²) in [5, 5.41) is 11.9. The smallest absolute Gasteiger partial charge is 0.306 e. The zero-order valence-corrected chi connectivity index (χ0v) is 65.9. The molecule has 0 saturated heterocycles. The first-order chi connectivity index (χ1) is 48.6. The largest absolute Gasteiger partial charge is 0.545 e. The normalized spacial score (nSPS) is 13.1. The number of carbonyl (C=O) groups excluding carboxylic acids is 3. The van der Waals surface area contributed by atoms with E-state index in [1.54, 1.807) is 0 Å². The van der Waals surface area contributed by atoms with Crippen molar-refractivity contribution < 1.29 is 42.9 Å². The van der Waals surface area contributed by atoms with Crippen molar-refractivity contribution in [2.24, 2.45) is 0 Å². The van der Waals surface area contributed by atoms with E-state index >= 15 is 0 Å². The van der Waals surface area contributed by atoms with Crippen LogP contribution in [0.25, 0.3) is 0 Å². The molecule has 2 atom stereocenters. The second-order valence-corrected chi connectivity index (χ2v) is 29.7. The molecule has 99 heavy (non-hydrogen) atoms. The number of unbranched alkanes of at least 4 members (excludes halogenated alkanes) is 48. The van der Waals surface area contributed by atoms with Crippen LogP contribution >= 0.6 is 0 Å². The first-order valence-corrected chi connectivity index (χ1v) is 42.4. The molecule has 2 unspecified atom stereocenters. The number of rotatable bonds is 79. The first kappa shape index (κ1) is 95.2. The topological polar surface area (TPSA) is 111 Å². The second kappa shape index (κ2) is 79.9. The van der Waals surface area contributed by atoms with Gasteiger partial charge < -0.3 is 33.3 Å². The van der Waals surface area contributed by atoms with Gasteiger partial charge in [0.1, 0.15) is 13.2 Å². The molecule has 9 heteroatoms. The predicted octanol–water partition coefficient (Wildman–Crippen LogP) is 26.2. The lowest BCUT2D eigenvalue weighted by atomic mass is 10.0. The van der Waals surface area contributed by atoms with Gasteiger partial charge in [0.15, 0.2) is 12.4 Å². The lowest BCUT2D eigenvalue weighted by Gasteiger charge is -2.26. The highest BCUT2D eigenvalue weighted by molar-refractivity contribution is 5.70. The number of hydrogen-bond acceptors (Lipinski definition) is 8. The number of quaternary nitrogens is 1. The molecule has 0 saturated carbocycles. The Labute approximate surface area is 613 Å². The van der Waals surface area contributed by atoms with E-state index in [1.165, 1.54) is 289 Å². The van der Waals surface area contributed by atoms with Gasteiger partial charge in [0.2, 0.25) is 0 Å². The molecule has 0 N–H and O–H groups in total. The summed E-state index contributed by atoms with van der Waals surface area (Å²) in [6.45, 7) is 4.69. The summed E-state index contributed by atoms with van der Waals surface area (Å²) in [6.07, 6.45) is 108. The quantitative estimate of drug-likeness (QED) is 0.0195. The minimum Gasteiger partial charge on any atom is -0.545 e. The van der Waals surface area contributed by atoms with E-state index in [2.05, 4.69) is 111 Å². The molecule has 0 aliphatic rings. The molecule has 0 aliphatic carbocycles. The fourth-order valence-electron chi connectivity index (χ4n) is 12.4. The number of aliphatic carboxylic acids is 1. The number of hydrogen-bond donors (Lipinski definition) is 0. The van der Waals surface area contributed by atoms with Crippen LogP contribution in [-0.4, -0.2) is 82.3 Å². The van der Waals surface area contributed by atoms with Crippen LogP contribution in [0.3, 0.4) is 0 Å². The van der Waals surface area contributed by atoms with Crippen molar-refractivity contribution in [2.75, 3.05) is 47.5 Å². The summed E-state index contributed by atoms with van der Waals surface area (Å²) in [5.41, 5.74) is 0. The van der Waals surface area contributed by atoms with E-state index < -0.39 is 24.3 Å². The van der Waals surface area contributed by atoms with Gasteiger partial charge in [0.05, 0.1) is 40.3 Å². The molecule has 0 rings (SSSR count). The molecule has 0 bridgehead atoms. The van der Waals surface area contributed by atoms with E-state index in [0.29, 0.717) is 23.9 Å². The maximum atomic E-state index is 13.0. The molecule has 0 fully saturated rings. The monoisotopic (exact) mass is 1380 g/mol. The number of esters is 2. The molecular formula is C90H161NO8. The average Bonchev–Trinajstić information content (AvgIpc) is 1.14. The molecule has 0 aliphatic heterocycles. The third kappa shape index (κ3) is 81.4. The molecule has 0 heterocycles. The standard InChI is InChI=1S/C90H161NO8/c1-6-8-10-12-14-16-18-20-22-24-26-28-30-32-34-36-38-40-42-43-44-45-47-49-51-53-55-57-59-61-63-65-67-69-71-73-75-77-79-81-88(93)99-86(85-98-90(89(94)95)96-83-82-91(3,4)5)84-97-87(92)80-78-76-74-72-70-68-66-64-62-60-58-56-54-52-50-48-46-41-39-37-35-33-31-29-27-25-23-21-19-17-15-13-11-9-7-2/h8,10,14,16,20,22,25-28,32,34,38,40,43-44,86,90H,6-7,9,11-13,15,17-19,21,23-24,29-31,33,35-37,39,41-42,45-85H2,1-5H3/b10-8-,16-14-,22-20-,27-25-,28-26-,34-32-,40-38-,44-43-. The van der Waals surface area contributed by atoms with Gasteiger partial charge in [-0.2, -0.15) is 0 Å². The minimum atomic E-state index is -1.62. The summed E-state index contributed by atoms with van der Waals surface area (Å²) >= 11 is 0. The maximum Gasteiger partial charge on any atom is 0.306 e. The van der Waals surface area contributed by atoms with Crippen molar-refractivity contribution in [3.63, 3.8) is 0 Å². The Kier molecular flexibility index (Phi) is 76.8. The Morgan fingerprint density at radius 3 is 0.869 bits per heavy atom. The highest BCUT2D eigenvalue weighted by Gasteiger charge is 2.22. The van der Waals surface area contributed by atoms with Gasteiger partial charge in [0.25, 0.3) is 0 Å². The van der Waals surface area contributed by atoms with Crippen LogP contribution in [0, 0.1) is 0 Å². The summed E-state index contributed by atoms with van der Waals surface area (Å²) < 4.78 is 22.9. The molecule has 574 valence electrons. The number of likely N-dealkylation sites (N-methyl/N-ethyl adjacent to an activating group) is 1. The van der Waals surface area contributed by atoms with Crippen molar-refractivity contribution >= 4 is 17.9 Å². The lowest BCUT2D eigenvalue weighted by Crippen LogP contribution is -2.44. The Hall–Kier alpha value is -3.79. The zero-order valence-electron chi connectivity index (χ0n) is 65.9. The molecule has 0 spiro atoms. The molecular weight excluding hydrogens is 1220 g/mol. The van der Waals surface area contributed by atoms with Crippen LogP contribution in [-0.2, 0) is 33.3 Å². The van der Waals surface area contributed by atoms with Gasteiger partial charge in [-0.05, 0) is 96.3 Å². The minimum absolute atomic E-state index is 0.148. The maximum absolute atomic E-state index is 13.0. The van der Waals surface area contributed by atoms with Crippen LogP contribution in [0.1, 0.15) is 399 Å². The SMILES string of the molecule is CC/C=C\C/C=C\C/C=C\C/C=C\C/C=C\C/C=C\C/C=C\CCCCCCCCCCCCCCCCCCCC(=O)OC(COC(=O)CCCCCCCCCCCCCCCCCCCCCCCCC/C=C\CCCCCCCCCC)COC(OCC[N+](C)(C)C)C(=O)[O-]. The average molecular weight is 1390 g/mol. The number of carboxylic acids is 1. The fourth-order valence-corrected chi connectivity index (χ4v) is 12.4. The number of ether oxygens (including phenoxy) is 4. The second-order valence-electron chi connectivity index (χ2n) is 29.7. The molecule has 0 aromatic rings. The van der Waals surface area contributed by atoms with E-state index in [9.17, 15) is 19.5 Å². The molecule has 0 aromatic heterocycles. The Morgan fingerprint density at radius 1 is 0.313 bits per heavy atom. The number of nitrogens with zero attached hydrogens (tertiary/aromatic N) is 1. The summed E-state index contributed by atoms with van der Waals surface area (Å²) in [5.74, 6) is -2.26. The Morgan fingerprint density at radius 2 is 0.576 bits per heavy atom. The van der Waals surface area contributed by atoms with Crippen LogP contribution < -0.4 is 5.11 Å². The Bertz CT molecular complexity index is 1960. The van der Waals surface area contributed by atoms with Gasteiger partial charge in [0, 0.05) is 12.8 Å². The number of carbonyl (C=O) groups is 3. The first-order valence-electron chi connectivity index (χ1n) is 42.4. The van der Waals surface area contributed by atoms with Gasteiger partial charge >= 0.3 is 11.9 Å². The van der Waals surface area contributed by atoms with Crippen LogP contribution in [0.4, 0.5) is 0 Å². The highest BCUT2D eigenvalue weighted by atomic mass is 16.7. The summed E-state index contributed by atoms with van der Waals surface area (Å²) in [4.78, 5) is 37.7. The van der Waals surface area contributed by atoms with Crippen molar-refractivity contribution in [1.29, 1.82) is 0 Å². The van der Waals surface area contributed by atoms with Crippen molar-refractivity contribution in [2.45, 2.75) is 411 Å². The third-order valence-electron chi connectivity index (χ3n) is 18.8. The highest BCUT2D eigenvalue weighted by Crippen LogP contribution is 2.20. The van der Waals surface area contributed by atoms with E-state index in [-0.39, 0.29) is 32.2 Å².